The molecular formula is C33H32N4O3. The van der Waals surface area contributed by atoms with E-state index < -0.39 is 5.92 Å². The number of hydrogen-bond acceptors (Lipinski definition) is 6. The van der Waals surface area contributed by atoms with Gasteiger partial charge in [0.15, 0.2) is 5.78 Å². The summed E-state index contributed by atoms with van der Waals surface area (Å²) in [6, 6.07) is 26.7. The minimum Gasteiger partial charge on any atom is -0.489 e. The van der Waals surface area contributed by atoms with Gasteiger partial charge in [-0.15, -0.1) is 0 Å². The molecule has 0 saturated carbocycles. The Hall–Kier alpha value is -4.83. The number of hydrazine groups is 1. The van der Waals surface area contributed by atoms with Crippen LogP contribution >= 0.6 is 0 Å². The largest absolute Gasteiger partial charge is 0.489 e. The molecule has 202 valence electrons. The number of nitrogens with zero attached hydrogens (tertiary/aromatic N) is 2. The highest BCUT2D eigenvalue weighted by atomic mass is 16.5. The molecule has 7 nitrogen and oxygen atoms in total. The van der Waals surface area contributed by atoms with Gasteiger partial charge in [0.1, 0.15) is 18.2 Å². The molecule has 7 heteroatoms. The van der Waals surface area contributed by atoms with Crippen molar-refractivity contribution in [2.75, 3.05) is 0 Å². The lowest BCUT2D eigenvalue weighted by Gasteiger charge is -2.43. The lowest BCUT2D eigenvalue weighted by Crippen LogP contribution is -2.49. The van der Waals surface area contributed by atoms with Crippen molar-refractivity contribution in [1.29, 1.82) is 5.26 Å². The van der Waals surface area contributed by atoms with Crippen LogP contribution in [-0.4, -0.2) is 16.7 Å². The molecule has 0 fully saturated rings. The molecule has 1 aliphatic carbocycles. The second kappa shape index (κ2) is 10.7. The van der Waals surface area contributed by atoms with Crippen molar-refractivity contribution in [1.82, 2.24) is 10.4 Å². The molecule has 0 spiro atoms. The van der Waals surface area contributed by atoms with Crippen molar-refractivity contribution in [2.45, 2.75) is 46.1 Å². The minimum atomic E-state index is -0.670. The SMILES string of the molecule is Cc1ccc(C(=O)NN2C(N)=C(C#N)C(c3cccc(OCc4ccccc4)c3)C3=C2CC(C)(C)CC3=O)cc1. The average Bonchev–Trinajstić information content (AvgIpc) is 2.93. The number of carbonyl (C=O) groups is 2. The summed E-state index contributed by atoms with van der Waals surface area (Å²) in [7, 11) is 0. The van der Waals surface area contributed by atoms with E-state index >= 15 is 0 Å². The first-order chi connectivity index (χ1) is 19.2. The Morgan fingerprint density at radius 1 is 1.07 bits per heavy atom. The molecule has 0 aromatic heterocycles. The number of benzene rings is 3. The van der Waals surface area contributed by atoms with Crippen LogP contribution in [0, 0.1) is 23.7 Å². The molecule has 1 amide bonds. The first kappa shape index (κ1) is 26.8. The van der Waals surface area contributed by atoms with E-state index in [1.807, 2.05) is 87.5 Å². The summed E-state index contributed by atoms with van der Waals surface area (Å²) >= 11 is 0. The van der Waals surface area contributed by atoms with Gasteiger partial charge in [-0.25, -0.2) is 5.01 Å². The third kappa shape index (κ3) is 5.34. The van der Waals surface area contributed by atoms with Gasteiger partial charge in [-0.05, 0) is 54.2 Å². The number of rotatable bonds is 6. The quantitative estimate of drug-likeness (QED) is 0.424. The lowest BCUT2D eigenvalue weighted by atomic mass is 9.69. The predicted octanol–water partition coefficient (Wildman–Crippen LogP) is 5.66. The van der Waals surface area contributed by atoms with Crippen LogP contribution in [0.5, 0.6) is 5.75 Å². The van der Waals surface area contributed by atoms with E-state index in [1.54, 1.807) is 12.1 Å². The van der Waals surface area contributed by atoms with Gasteiger partial charge in [0.2, 0.25) is 0 Å². The van der Waals surface area contributed by atoms with Gasteiger partial charge in [-0.3, -0.25) is 15.0 Å². The van der Waals surface area contributed by atoms with Crippen molar-refractivity contribution >= 4 is 11.7 Å². The van der Waals surface area contributed by atoms with Crippen LogP contribution in [0.25, 0.3) is 0 Å². The topological polar surface area (TPSA) is 108 Å². The molecule has 0 saturated heterocycles. The summed E-state index contributed by atoms with van der Waals surface area (Å²) in [5.74, 6) is -0.387. The van der Waals surface area contributed by atoms with Crippen LogP contribution in [0.1, 0.15) is 59.7 Å². The van der Waals surface area contributed by atoms with E-state index in [4.69, 9.17) is 10.5 Å². The van der Waals surface area contributed by atoms with Crippen molar-refractivity contribution in [3.63, 3.8) is 0 Å². The fraction of sp³-hybridized carbons (Fsp3) is 0.242. The maximum absolute atomic E-state index is 13.7. The summed E-state index contributed by atoms with van der Waals surface area (Å²) < 4.78 is 6.05. The Bertz CT molecular complexity index is 1560. The van der Waals surface area contributed by atoms with Crippen molar-refractivity contribution in [2.24, 2.45) is 11.1 Å². The number of allylic oxidation sites excluding steroid dienone is 3. The third-order valence-corrected chi connectivity index (χ3v) is 7.35. The normalized spacial score (nSPS) is 18.2. The number of carbonyl (C=O) groups excluding carboxylic acids is 2. The third-order valence-electron chi connectivity index (χ3n) is 7.35. The Labute approximate surface area is 234 Å². The first-order valence-corrected chi connectivity index (χ1v) is 13.3. The van der Waals surface area contributed by atoms with Crippen LogP contribution in [0.3, 0.4) is 0 Å². The number of aryl methyl sites for hydroxylation is 1. The van der Waals surface area contributed by atoms with Gasteiger partial charge >= 0.3 is 0 Å². The number of nitriles is 1. The molecule has 0 radical (unpaired) electrons. The highest BCUT2D eigenvalue weighted by molar-refractivity contribution is 6.01. The summed E-state index contributed by atoms with van der Waals surface area (Å²) in [5.41, 5.74) is 13.7. The lowest BCUT2D eigenvalue weighted by molar-refractivity contribution is -0.118. The molecule has 3 aromatic rings. The summed E-state index contributed by atoms with van der Waals surface area (Å²) in [5, 5.41) is 11.7. The Balaban J connectivity index is 1.54. The summed E-state index contributed by atoms with van der Waals surface area (Å²) in [6.45, 7) is 6.36. The van der Waals surface area contributed by atoms with Gasteiger partial charge in [0.25, 0.3) is 5.91 Å². The van der Waals surface area contributed by atoms with E-state index in [9.17, 15) is 14.9 Å². The van der Waals surface area contributed by atoms with Crippen molar-refractivity contribution in [3.8, 4) is 11.8 Å². The Kier molecular flexibility index (Phi) is 7.19. The monoisotopic (exact) mass is 532 g/mol. The average molecular weight is 533 g/mol. The first-order valence-electron chi connectivity index (χ1n) is 13.3. The van der Waals surface area contributed by atoms with Gasteiger partial charge in [0, 0.05) is 17.6 Å². The number of nitrogens with one attached hydrogen (secondary N) is 1. The summed E-state index contributed by atoms with van der Waals surface area (Å²) in [6.07, 6.45) is 0.827. The molecular weight excluding hydrogens is 500 g/mol. The minimum absolute atomic E-state index is 0.0679. The number of ketones is 1. The van der Waals surface area contributed by atoms with E-state index in [0.717, 1.165) is 16.7 Å². The van der Waals surface area contributed by atoms with E-state index in [0.29, 0.717) is 42.0 Å². The highest BCUT2D eigenvalue weighted by Crippen LogP contribution is 2.48. The van der Waals surface area contributed by atoms with E-state index in [-0.39, 0.29) is 28.5 Å². The number of nitrogens with two attached hydrogens (primary N) is 1. The van der Waals surface area contributed by atoms with Crippen molar-refractivity contribution < 1.29 is 14.3 Å². The fourth-order valence-electron chi connectivity index (χ4n) is 5.37. The molecule has 1 atom stereocenters. The molecule has 5 rings (SSSR count). The molecule has 40 heavy (non-hydrogen) atoms. The molecule has 1 aliphatic heterocycles. The van der Waals surface area contributed by atoms with Crippen molar-refractivity contribution in [3.05, 3.63) is 124 Å². The van der Waals surface area contributed by atoms with Crippen LogP contribution in [0.15, 0.2) is 102 Å². The zero-order chi connectivity index (χ0) is 28.4. The molecule has 3 N–H and O–H groups in total. The molecule has 1 heterocycles. The van der Waals surface area contributed by atoms with Gasteiger partial charge in [-0.2, -0.15) is 5.26 Å². The predicted molar refractivity (Wildman–Crippen MR) is 152 cm³/mol. The van der Waals surface area contributed by atoms with Gasteiger partial charge < -0.3 is 10.5 Å². The second-order valence-electron chi connectivity index (χ2n) is 11.1. The second-order valence-corrected chi connectivity index (χ2v) is 11.1. The van der Waals surface area contributed by atoms with Crippen LogP contribution < -0.4 is 15.9 Å². The fourth-order valence-corrected chi connectivity index (χ4v) is 5.37. The maximum Gasteiger partial charge on any atom is 0.270 e. The maximum atomic E-state index is 13.7. The number of Topliss-reactive ketones (excluding diaryl/α,β-unsaturated/α-hetero) is 1. The Morgan fingerprint density at radius 3 is 2.50 bits per heavy atom. The van der Waals surface area contributed by atoms with E-state index in [2.05, 4.69) is 11.5 Å². The summed E-state index contributed by atoms with van der Waals surface area (Å²) in [4.78, 5) is 27.0. The molecule has 2 aliphatic rings. The van der Waals surface area contributed by atoms with E-state index in [1.165, 1.54) is 5.01 Å². The van der Waals surface area contributed by atoms with Crippen LogP contribution in [-0.2, 0) is 11.4 Å². The smallest absolute Gasteiger partial charge is 0.270 e. The zero-order valence-electron chi connectivity index (χ0n) is 22.9. The van der Waals surface area contributed by atoms with Crippen LogP contribution in [0.4, 0.5) is 0 Å². The molecule has 3 aromatic carbocycles. The van der Waals surface area contributed by atoms with Gasteiger partial charge in [-0.1, -0.05) is 74.0 Å². The van der Waals surface area contributed by atoms with Crippen LogP contribution in [0.2, 0.25) is 0 Å². The number of hydrogen-bond donors (Lipinski definition) is 2. The number of amides is 1. The van der Waals surface area contributed by atoms with Gasteiger partial charge in [0.05, 0.1) is 23.3 Å². The zero-order valence-corrected chi connectivity index (χ0v) is 22.9. The Morgan fingerprint density at radius 2 is 1.80 bits per heavy atom. The highest BCUT2D eigenvalue weighted by Gasteiger charge is 2.45. The molecule has 1 unspecified atom stereocenters. The molecule has 0 bridgehead atoms. The standard InChI is InChI=1S/C33H32N4O3/c1-21-12-14-23(15-13-21)32(39)36-37-27-17-33(2,3)18-28(38)30(27)29(26(19-34)31(37)35)24-10-7-11-25(16-24)40-20-22-8-5-4-6-9-22/h4-16,29H,17-18,20,35H2,1-3H3,(H,36,39). The number of ether oxygens (including phenoxy) is 1.